The van der Waals surface area contributed by atoms with E-state index >= 15 is 0 Å². The summed E-state index contributed by atoms with van der Waals surface area (Å²) < 4.78 is 6.58. The minimum Gasteiger partial charge on any atom is -0.374 e. The smallest absolute Gasteiger partial charge is 0.0795 e. The standard InChI is InChI=1S/C14H25NOS2/c1-13(4-2-7-18-13)10-15-12-3-6-16-14(9-12)5-8-17-11-14/h12,15H,2-11H2,1H3. The van der Waals surface area contributed by atoms with E-state index in [0.717, 1.165) is 6.61 Å². The van der Waals surface area contributed by atoms with Crippen molar-refractivity contribution in [2.75, 3.05) is 30.4 Å². The summed E-state index contributed by atoms with van der Waals surface area (Å²) in [6, 6.07) is 0.690. The van der Waals surface area contributed by atoms with E-state index in [1.807, 2.05) is 0 Å². The van der Waals surface area contributed by atoms with E-state index in [0.29, 0.717) is 10.8 Å². The van der Waals surface area contributed by atoms with Gasteiger partial charge in [0.25, 0.3) is 0 Å². The van der Waals surface area contributed by atoms with Crippen LogP contribution in [0.2, 0.25) is 0 Å². The van der Waals surface area contributed by atoms with Crippen LogP contribution in [0.1, 0.15) is 39.0 Å². The van der Waals surface area contributed by atoms with Gasteiger partial charge in [0, 0.05) is 29.7 Å². The number of ether oxygens (including phenoxy) is 1. The third-order valence-electron chi connectivity index (χ3n) is 4.63. The predicted octanol–water partition coefficient (Wildman–Crippen LogP) is 2.92. The Hall–Kier alpha value is 0.620. The Morgan fingerprint density at radius 1 is 1.33 bits per heavy atom. The normalized spacial score (nSPS) is 44.8. The van der Waals surface area contributed by atoms with Crippen LogP contribution in [-0.2, 0) is 4.74 Å². The van der Waals surface area contributed by atoms with E-state index in [9.17, 15) is 0 Å². The minimum atomic E-state index is 0.226. The van der Waals surface area contributed by atoms with Gasteiger partial charge in [0.2, 0.25) is 0 Å². The van der Waals surface area contributed by atoms with Gasteiger partial charge < -0.3 is 10.1 Å². The third-order valence-corrected chi connectivity index (χ3v) is 7.39. The van der Waals surface area contributed by atoms with E-state index in [2.05, 4.69) is 35.8 Å². The molecule has 3 heterocycles. The molecule has 18 heavy (non-hydrogen) atoms. The molecule has 3 rings (SSSR count). The number of nitrogens with one attached hydrogen (secondary N) is 1. The molecular formula is C14H25NOS2. The second-order valence-corrected chi connectivity index (χ2v) is 9.09. The van der Waals surface area contributed by atoms with Crippen LogP contribution in [0.3, 0.4) is 0 Å². The average Bonchev–Trinajstić information content (AvgIpc) is 2.98. The van der Waals surface area contributed by atoms with Crippen molar-refractivity contribution >= 4 is 23.5 Å². The van der Waals surface area contributed by atoms with Crippen molar-refractivity contribution < 1.29 is 4.74 Å². The Morgan fingerprint density at radius 3 is 3.00 bits per heavy atom. The molecule has 4 heteroatoms. The molecule has 1 spiro atoms. The SMILES string of the molecule is CC1(CNC2CCOC3(CCSC3)C2)CCCS1. The Kier molecular flexibility index (Phi) is 4.19. The molecule has 0 aromatic carbocycles. The quantitative estimate of drug-likeness (QED) is 0.861. The Balaban J connectivity index is 1.50. The fraction of sp³-hybridized carbons (Fsp3) is 1.00. The summed E-state index contributed by atoms with van der Waals surface area (Å²) in [4.78, 5) is 0. The summed E-state index contributed by atoms with van der Waals surface area (Å²) in [6.07, 6.45) is 6.49. The van der Waals surface area contributed by atoms with Gasteiger partial charge in [0.1, 0.15) is 0 Å². The lowest BCUT2D eigenvalue weighted by Gasteiger charge is -2.39. The highest BCUT2D eigenvalue weighted by Gasteiger charge is 2.41. The van der Waals surface area contributed by atoms with Gasteiger partial charge >= 0.3 is 0 Å². The number of thioether (sulfide) groups is 2. The van der Waals surface area contributed by atoms with Gasteiger partial charge in [0.15, 0.2) is 0 Å². The number of rotatable bonds is 3. The van der Waals surface area contributed by atoms with Crippen LogP contribution >= 0.6 is 23.5 Å². The molecule has 104 valence electrons. The van der Waals surface area contributed by atoms with Crippen LogP contribution in [0.5, 0.6) is 0 Å². The Labute approximate surface area is 119 Å². The van der Waals surface area contributed by atoms with Crippen LogP contribution in [0.4, 0.5) is 0 Å². The maximum atomic E-state index is 6.09. The molecule has 3 saturated heterocycles. The van der Waals surface area contributed by atoms with Crippen LogP contribution in [0.25, 0.3) is 0 Å². The number of hydrogen-bond acceptors (Lipinski definition) is 4. The highest BCUT2D eigenvalue weighted by atomic mass is 32.2. The molecule has 2 nitrogen and oxygen atoms in total. The van der Waals surface area contributed by atoms with Gasteiger partial charge in [-0.05, 0) is 50.5 Å². The second-order valence-electron chi connectivity index (χ2n) is 6.31. The van der Waals surface area contributed by atoms with Crippen molar-refractivity contribution in [1.82, 2.24) is 5.32 Å². The maximum Gasteiger partial charge on any atom is 0.0795 e. The molecule has 0 amide bonds. The molecule has 3 fully saturated rings. The molecule has 3 aliphatic heterocycles. The third kappa shape index (κ3) is 3.02. The van der Waals surface area contributed by atoms with Crippen LogP contribution in [-0.4, -0.2) is 46.8 Å². The highest BCUT2D eigenvalue weighted by molar-refractivity contribution is 8.00. The molecular weight excluding hydrogens is 262 g/mol. The number of hydrogen-bond donors (Lipinski definition) is 1. The molecule has 0 aromatic rings. The topological polar surface area (TPSA) is 21.3 Å². The van der Waals surface area contributed by atoms with E-state index in [4.69, 9.17) is 4.74 Å². The van der Waals surface area contributed by atoms with Crippen molar-refractivity contribution in [2.24, 2.45) is 0 Å². The molecule has 0 bridgehead atoms. The van der Waals surface area contributed by atoms with Gasteiger partial charge in [-0.1, -0.05) is 0 Å². The molecule has 3 unspecified atom stereocenters. The van der Waals surface area contributed by atoms with Crippen molar-refractivity contribution in [3.8, 4) is 0 Å². The minimum absolute atomic E-state index is 0.226. The van der Waals surface area contributed by atoms with E-state index < -0.39 is 0 Å². The molecule has 0 aromatic heterocycles. The van der Waals surface area contributed by atoms with Gasteiger partial charge in [-0.15, -0.1) is 0 Å². The zero-order valence-electron chi connectivity index (χ0n) is 11.4. The molecule has 3 atom stereocenters. The maximum absolute atomic E-state index is 6.09. The Morgan fingerprint density at radius 2 is 2.28 bits per heavy atom. The first-order valence-electron chi connectivity index (χ1n) is 7.29. The molecule has 0 aliphatic carbocycles. The van der Waals surface area contributed by atoms with Crippen molar-refractivity contribution in [3.63, 3.8) is 0 Å². The summed E-state index contributed by atoms with van der Waals surface area (Å²) >= 11 is 4.23. The largest absolute Gasteiger partial charge is 0.374 e. The predicted molar refractivity (Wildman–Crippen MR) is 81.7 cm³/mol. The van der Waals surface area contributed by atoms with Crippen LogP contribution in [0, 0.1) is 0 Å². The fourth-order valence-electron chi connectivity index (χ4n) is 3.40. The average molecular weight is 287 g/mol. The van der Waals surface area contributed by atoms with Crippen molar-refractivity contribution in [3.05, 3.63) is 0 Å². The lowest BCUT2D eigenvalue weighted by molar-refractivity contribution is -0.0702. The first-order chi connectivity index (χ1) is 8.70. The first kappa shape index (κ1) is 13.6. The summed E-state index contributed by atoms with van der Waals surface area (Å²) in [5, 5.41) is 3.85. The first-order valence-corrected chi connectivity index (χ1v) is 9.43. The zero-order chi connectivity index (χ0) is 12.5. The van der Waals surface area contributed by atoms with Crippen LogP contribution in [0.15, 0.2) is 0 Å². The van der Waals surface area contributed by atoms with Gasteiger partial charge in [-0.3, -0.25) is 0 Å². The van der Waals surface area contributed by atoms with E-state index in [-0.39, 0.29) is 5.60 Å². The van der Waals surface area contributed by atoms with Crippen LogP contribution < -0.4 is 5.32 Å². The monoisotopic (exact) mass is 287 g/mol. The lowest BCUT2D eigenvalue weighted by Crippen LogP contribution is -2.49. The molecule has 1 N–H and O–H groups in total. The highest BCUT2D eigenvalue weighted by Crippen LogP contribution is 2.40. The zero-order valence-corrected chi connectivity index (χ0v) is 13.0. The Bertz CT molecular complexity index is 286. The summed E-state index contributed by atoms with van der Waals surface area (Å²) in [5.74, 6) is 3.87. The van der Waals surface area contributed by atoms with E-state index in [1.165, 1.54) is 55.9 Å². The summed E-state index contributed by atoms with van der Waals surface area (Å²) in [5.41, 5.74) is 0.226. The molecule has 3 aliphatic rings. The summed E-state index contributed by atoms with van der Waals surface area (Å²) in [7, 11) is 0. The van der Waals surface area contributed by atoms with Gasteiger partial charge in [-0.2, -0.15) is 23.5 Å². The second kappa shape index (κ2) is 5.55. The molecule has 0 radical (unpaired) electrons. The van der Waals surface area contributed by atoms with Crippen molar-refractivity contribution in [1.29, 1.82) is 0 Å². The summed E-state index contributed by atoms with van der Waals surface area (Å²) in [6.45, 7) is 4.58. The van der Waals surface area contributed by atoms with E-state index in [1.54, 1.807) is 0 Å². The molecule has 0 saturated carbocycles. The van der Waals surface area contributed by atoms with Crippen molar-refractivity contribution in [2.45, 2.75) is 55.4 Å². The fourth-order valence-corrected chi connectivity index (χ4v) is 6.04. The lowest BCUT2D eigenvalue weighted by atomic mass is 9.89. The van der Waals surface area contributed by atoms with Gasteiger partial charge in [0.05, 0.1) is 5.60 Å². The van der Waals surface area contributed by atoms with Gasteiger partial charge in [-0.25, -0.2) is 0 Å².